The van der Waals surface area contributed by atoms with E-state index in [0.717, 1.165) is 11.1 Å². The minimum atomic E-state index is -0.409. The van der Waals surface area contributed by atoms with Crippen LogP contribution in [0.25, 0.3) is 0 Å². The molecule has 2 aromatic carbocycles. The number of ether oxygens (including phenoxy) is 1. The van der Waals surface area contributed by atoms with Gasteiger partial charge < -0.3 is 15.4 Å². The molecule has 0 radical (unpaired) electrons. The van der Waals surface area contributed by atoms with E-state index in [9.17, 15) is 10.1 Å². The molecule has 138 valence electrons. The summed E-state index contributed by atoms with van der Waals surface area (Å²) in [5.41, 5.74) is 2.13. The van der Waals surface area contributed by atoms with E-state index in [0.29, 0.717) is 25.7 Å². The largest absolute Gasteiger partial charge is 0.383 e. The number of rotatable bonds is 8. The van der Waals surface area contributed by atoms with Gasteiger partial charge in [0.15, 0.2) is 5.96 Å². The van der Waals surface area contributed by atoms with Gasteiger partial charge >= 0.3 is 0 Å². The molecule has 0 saturated carbocycles. The van der Waals surface area contributed by atoms with Gasteiger partial charge in [-0.3, -0.25) is 10.1 Å². The van der Waals surface area contributed by atoms with Gasteiger partial charge in [0.2, 0.25) is 0 Å². The van der Waals surface area contributed by atoms with Crippen molar-refractivity contribution in [2.24, 2.45) is 4.99 Å². The maximum Gasteiger partial charge on any atom is 0.269 e. The standard InChI is InChI=1S/C19H24N4O3/c1-15(17-6-4-3-5-7-17)22-19(20-12-13-26-2)21-14-16-8-10-18(11-9-16)23(24)25/h3-11,15H,12-14H2,1-2H3,(H2,20,21,22). The number of non-ortho nitro benzene ring substituents is 1. The van der Waals surface area contributed by atoms with E-state index in [1.165, 1.54) is 12.1 Å². The number of methoxy groups -OCH3 is 1. The Labute approximate surface area is 153 Å². The van der Waals surface area contributed by atoms with Crippen LogP contribution in [0.2, 0.25) is 0 Å². The molecule has 0 aliphatic heterocycles. The summed E-state index contributed by atoms with van der Waals surface area (Å²) in [5, 5.41) is 17.3. The Morgan fingerprint density at radius 2 is 1.88 bits per heavy atom. The lowest BCUT2D eigenvalue weighted by Crippen LogP contribution is -2.40. The highest BCUT2D eigenvalue weighted by Crippen LogP contribution is 2.13. The SMILES string of the molecule is COCCNC(=NCc1ccc([N+](=O)[O-])cc1)NC(C)c1ccccc1. The van der Waals surface area contributed by atoms with Gasteiger partial charge in [-0.25, -0.2) is 4.99 Å². The number of nitrogens with zero attached hydrogens (tertiary/aromatic N) is 2. The van der Waals surface area contributed by atoms with Gasteiger partial charge in [-0.05, 0) is 18.1 Å². The highest BCUT2D eigenvalue weighted by atomic mass is 16.6. The summed E-state index contributed by atoms with van der Waals surface area (Å²) < 4.78 is 5.07. The lowest BCUT2D eigenvalue weighted by Gasteiger charge is -2.18. The zero-order chi connectivity index (χ0) is 18.8. The first-order valence-corrected chi connectivity index (χ1v) is 8.42. The Bertz CT molecular complexity index is 717. The van der Waals surface area contributed by atoms with Crippen molar-refractivity contribution in [1.29, 1.82) is 0 Å². The second-order valence-corrected chi connectivity index (χ2v) is 5.78. The summed E-state index contributed by atoms with van der Waals surface area (Å²) in [6, 6.07) is 16.6. The van der Waals surface area contributed by atoms with Crippen molar-refractivity contribution in [2.45, 2.75) is 19.5 Å². The third-order valence-corrected chi connectivity index (χ3v) is 3.82. The van der Waals surface area contributed by atoms with Crippen LogP contribution in [-0.4, -0.2) is 31.1 Å². The fourth-order valence-electron chi connectivity index (χ4n) is 2.35. The van der Waals surface area contributed by atoms with Crippen molar-refractivity contribution in [1.82, 2.24) is 10.6 Å². The van der Waals surface area contributed by atoms with Crippen LogP contribution < -0.4 is 10.6 Å². The van der Waals surface area contributed by atoms with Gasteiger partial charge in [0.1, 0.15) is 0 Å². The number of nitrogens with one attached hydrogen (secondary N) is 2. The summed E-state index contributed by atoms with van der Waals surface area (Å²) in [5.74, 6) is 0.664. The highest BCUT2D eigenvalue weighted by molar-refractivity contribution is 5.80. The van der Waals surface area contributed by atoms with Gasteiger partial charge in [0, 0.05) is 25.8 Å². The maximum atomic E-state index is 10.7. The fourth-order valence-corrected chi connectivity index (χ4v) is 2.35. The molecule has 0 aliphatic rings. The van der Waals surface area contributed by atoms with E-state index >= 15 is 0 Å². The molecule has 0 amide bonds. The summed E-state index contributed by atoms with van der Waals surface area (Å²) in [6.07, 6.45) is 0. The average molecular weight is 356 g/mol. The first-order chi connectivity index (χ1) is 12.6. The third-order valence-electron chi connectivity index (χ3n) is 3.82. The van der Waals surface area contributed by atoms with Crippen LogP contribution in [0.1, 0.15) is 24.1 Å². The van der Waals surface area contributed by atoms with Crippen molar-refractivity contribution in [2.75, 3.05) is 20.3 Å². The lowest BCUT2D eigenvalue weighted by molar-refractivity contribution is -0.384. The Morgan fingerprint density at radius 1 is 1.19 bits per heavy atom. The van der Waals surface area contributed by atoms with Gasteiger partial charge in [-0.1, -0.05) is 42.5 Å². The zero-order valence-corrected chi connectivity index (χ0v) is 15.0. The smallest absolute Gasteiger partial charge is 0.269 e. The summed E-state index contributed by atoms with van der Waals surface area (Å²) in [6.45, 7) is 3.68. The second-order valence-electron chi connectivity index (χ2n) is 5.78. The lowest BCUT2D eigenvalue weighted by atomic mass is 10.1. The molecule has 26 heavy (non-hydrogen) atoms. The van der Waals surface area contributed by atoms with E-state index in [2.05, 4.69) is 34.7 Å². The topological polar surface area (TPSA) is 88.8 Å². The fraction of sp³-hybridized carbons (Fsp3) is 0.316. The Balaban J connectivity index is 2.04. The molecule has 0 bridgehead atoms. The number of aliphatic imine (C=N–C) groups is 1. The summed E-state index contributed by atoms with van der Waals surface area (Å²) in [7, 11) is 1.65. The van der Waals surface area contributed by atoms with E-state index < -0.39 is 4.92 Å². The van der Waals surface area contributed by atoms with E-state index in [-0.39, 0.29) is 11.7 Å². The van der Waals surface area contributed by atoms with Crippen molar-refractivity contribution >= 4 is 11.6 Å². The molecule has 7 heteroatoms. The minimum absolute atomic E-state index is 0.0759. The van der Waals surface area contributed by atoms with Crippen molar-refractivity contribution < 1.29 is 9.66 Å². The van der Waals surface area contributed by atoms with Crippen molar-refractivity contribution in [3.63, 3.8) is 0 Å². The molecule has 1 atom stereocenters. The summed E-state index contributed by atoms with van der Waals surface area (Å²) >= 11 is 0. The van der Waals surface area contributed by atoms with Gasteiger partial charge in [0.05, 0.1) is 24.1 Å². The Hall–Kier alpha value is -2.93. The van der Waals surface area contributed by atoms with Crippen LogP contribution in [0.5, 0.6) is 0 Å². The van der Waals surface area contributed by atoms with Crippen LogP contribution in [0.4, 0.5) is 5.69 Å². The number of hydrogen-bond acceptors (Lipinski definition) is 4. The normalized spacial score (nSPS) is 12.5. The first-order valence-electron chi connectivity index (χ1n) is 8.42. The average Bonchev–Trinajstić information content (AvgIpc) is 2.67. The van der Waals surface area contributed by atoms with Crippen LogP contribution in [0, 0.1) is 10.1 Å². The third kappa shape index (κ3) is 6.18. The van der Waals surface area contributed by atoms with Crippen molar-refractivity contribution in [3.05, 3.63) is 75.8 Å². The van der Waals surface area contributed by atoms with Gasteiger partial charge in [0.25, 0.3) is 5.69 Å². The number of benzene rings is 2. The van der Waals surface area contributed by atoms with Crippen LogP contribution >= 0.6 is 0 Å². The van der Waals surface area contributed by atoms with Gasteiger partial charge in [-0.15, -0.1) is 0 Å². The monoisotopic (exact) mass is 356 g/mol. The van der Waals surface area contributed by atoms with E-state index in [1.54, 1.807) is 19.2 Å². The first kappa shape index (κ1) is 19.4. The quantitative estimate of drug-likeness (QED) is 0.249. The molecule has 0 aliphatic carbocycles. The molecule has 2 N–H and O–H groups in total. The molecule has 0 heterocycles. The molecule has 0 saturated heterocycles. The zero-order valence-electron chi connectivity index (χ0n) is 15.0. The van der Waals surface area contributed by atoms with Crippen LogP contribution in [0.15, 0.2) is 59.6 Å². The molecule has 1 unspecified atom stereocenters. The number of guanidine groups is 1. The summed E-state index contributed by atoms with van der Waals surface area (Å²) in [4.78, 5) is 14.9. The van der Waals surface area contributed by atoms with Crippen molar-refractivity contribution in [3.8, 4) is 0 Å². The predicted molar refractivity (Wildman–Crippen MR) is 102 cm³/mol. The molecule has 0 aromatic heterocycles. The predicted octanol–water partition coefficient (Wildman–Crippen LogP) is 3.04. The molecular weight excluding hydrogens is 332 g/mol. The van der Waals surface area contributed by atoms with Crippen LogP contribution in [-0.2, 0) is 11.3 Å². The molecule has 7 nitrogen and oxygen atoms in total. The number of hydrogen-bond donors (Lipinski definition) is 2. The Morgan fingerprint density at radius 3 is 2.50 bits per heavy atom. The number of nitro groups is 1. The molecule has 2 rings (SSSR count). The molecule has 0 fully saturated rings. The maximum absolute atomic E-state index is 10.7. The Kier molecular flexibility index (Phi) is 7.57. The van der Waals surface area contributed by atoms with Crippen LogP contribution in [0.3, 0.4) is 0 Å². The highest BCUT2D eigenvalue weighted by Gasteiger charge is 2.08. The molecule has 2 aromatic rings. The molecule has 0 spiro atoms. The van der Waals surface area contributed by atoms with E-state index in [4.69, 9.17) is 4.74 Å². The second kappa shape index (κ2) is 10.1. The van der Waals surface area contributed by atoms with Gasteiger partial charge in [-0.2, -0.15) is 0 Å². The van der Waals surface area contributed by atoms with E-state index in [1.807, 2.05) is 18.2 Å². The number of nitro benzene ring substituents is 1. The minimum Gasteiger partial charge on any atom is -0.383 e. The molecular formula is C19H24N4O3.